The molecule has 12 heteroatoms. The minimum atomic E-state index is -0.431. The fourth-order valence-electron chi connectivity index (χ4n) is 14.0. The number of thiophene rings is 12. The Bertz CT molecular complexity index is 3790. The van der Waals surface area contributed by atoms with Crippen LogP contribution in [-0.4, -0.2) is 0 Å². The Hall–Kier alpha value is -3.60. The molecule has 12 aromatic heterocycles. The SMILES string of the molecule is CCCCCCCCc1ccc(-c2ccc(-c3cc4c(s3)-c3sc(-c5ccc(-c6ccc(CCCCCCCC)s6)s5)cc3C43c4cc(-c5ccc(-c6ccc(CCCCCCCC)s6)s5)sc4-c4sc(-c5ccc(-c6ccc(CCCCCCCC)s6)s5)cc43)s2)s1. The smallest absolute Gasteiger partial charge is 0.0760 e. The van der Waals surface area contributed by atoms with Crippen molar-refractivity contribution >= 4 is 136 Å². The lowest BCUT2D eigenvalue weighted by Crippen LogP contribution is -2.24. The zero-order chi connectivity index (χ0) is 63.1. The third kappa shape index (κ3) is 14.6. The number of unbranched alkanes of at least 4 members (excludes halogenated alkanes) is 20. The average molecular weight is 1450 g/mol. The summed E-state index contributed by atoms with van der Waals surface area (Å²) in [5.41, 5.74) is 5.54. The summed E-state index contributed by atoms with van der Waals surface area (Å²) in [6.07, 6.45) is 37.0. The van der Waals surface area contributed by atoms with Crippen LogP contribution in [-0.2, 0) is 31.1 Å². The molecule has 0 aromatic carbocycles. The maximum absolute atomic E-state index is 2.67. The quantitative estimate of drug-likeness (QED) is 0.0343. The molecule has 93 heavy (non-hydrogen) atoms. The second-order valence-electron chi connectivity index (χ2n) is 26.0. The van der Waals surface area contributed by atoms with Crippen molar-refractivity contribution in [2.75, 3.05) is 0 Å². The number of rotatable bonds is 36. The van der Waals surface area contributed by atoms with Crippen LogP contribution < -0.4 is 0 Å². The predicted molar refractivity (Wildman–Crippen MR) is 429 cm³/mol. The first-order chi connectivity index (χ1) is 45.9. The molecule has 484 valence electrons. The van der Waals surface area contributed by atoms with Crippen LogP contribution in [0.4, 0.5) is 0 Å². The number of hydrogen-bond donors (Lipinski definition) is 0. The second kappa shape index (κ2) is 31.5. The number of fused-ring (bicyclic) bond motifs is 10. The lowest BCUT2D eigenvalue weighted by atomic mass is 9.72. The molecular weight excluding hydrogens is 1360 g/mol. The van der Waals surface area contributed by atoms with E-state index in [1.54, 1.807) is 0 Å². The molecule has 2 aliphatic carbocycles. The molecule has 0 unspecified atom stereocenters. The van der Waals surface area contributed by atoms with Gasteiger partial charge in [-0.1, -0.05) is 156 Å². The standard InChI is InChI=1S/C81H88S12/c1-5-9-13-17-21-25-29-53-33-37-61(82-53)65-41-45-69(86-65)73-49-57-77(90-73)78-58(50-74(91-78)70-46-42-66(87-70)62-38-34-54(83-62)30-26-22-18-14-10-6-2)81(57)59-51-75(71-47-43-67(88-71)63-39-35-55(84-63)31-27-23-19-15-11-7-3)92-79(59)80-60(81)52-76(93-80)72-48-44-68(89-72)64-40-36-56(85-64)32-28-24-20-16-12-8-4/h33-52H,5-32H2,1-4H3. The van der Waals surface area contributed by atoms with Crippen molar-refractivity contribution in [1.29, 1.82) is 0 Å². The van der Waals surface area contributed by atoms with Gasteiger partial charge in [-0.15, -0.1) is 136 Å². The minimum Gasteiger partial charge on any atom is -0.139 e. The molecule has 0 N–H and O–H groups in total. The molecule has 0 amide bonds. The van der Waals surface area contributed by atoms with Crippen LogP contribution >= 0.6 is 136 Å². The number of aryl methyl sites for hydroxylation is 4. The van der Waals surface area contributed by atoms with E-state index in [0.717, 1.165) is 0 Å². The summed E-state index contributed by atoms with van der Waals surface area (Å²) in [5.74, 6) is 0. The highest BCUT2D eigenvalue weighted by Gasteiger charge is 2.56. The van der Waals surface area contributed by atoms with Crippen molar-refractivity contribution in [2.45, 2.75) is 213 Å². The van der Waals surface area contributed by atoms with Crippen LogP contribution in [0.2, 0.25) is 0 Å². The first kappa shape index (κ1) is 66.6. The fourth-order valence-corrected chi connectivity index (χ4v) is 28.1. The van der Waals surface area contributed by atoms with Crippen LogP contribution in [0, 0.1) is 0 Å². The summed E-state index contributed by atoms with van der Waals surface area (Å²) < 4.78 is 0. The summed E-state index contributed by atoms with van der Waals surface area (Å²) in [6.45, 7) is 9.25. The molecule has 0 nitrogen and oxygen atoms in total. The van der Waals surface area contributed by atoms with Gasteiger partial charge >= 0.3 is 0 Å². The summed E-state index contributed by atoms with van der Waals surface area (Å²) in [4.78, 5) is 34.4. The van der Waals surface area contributed by atoms with Gasteiger partial charge in [0.25, 0.3) is 0 Å². The summed E-state index contributed by atoms with van der Waals surface area (Å²) in [6, 6.07) is 49.4. The highest BCUT2D eigenvalue weighted by atomic mass is 32.1. The van der Waals surface area contributed by atoms with E-state index in [0.29, 0.717) is 0 Å². The van der Waals surface area contributed by atoms with Gasteiger partial charge in [-0.05, 0) is 195 Å². The topological polar surface area (TPSA) is 0 Å². The Kier molecular flexibility index (Phi) is 22.6. The molecule has 12 aromatic rings. The highest BCUT2D eigenvalue weighted by Crippen LogP contribution is 2.71. The van der Waals surface area contributed by atoms with Gasteiger partial charge in [-0.3, -0.25) is 0 Å². The zero-order valence-corrected chi connectivity index (χ0v) is 64.5. The minimum absolute atomic E-state index is 0.431. The summed E-state index contributed by atoms with van der Waals surface area (Å²) >= 11 is 24.3. The Labute approximate surface area is 603 Å². The van der Waals surface area contributed by atoms with Crippen molar-refractivity contribution in [3.8, 4) is 97.5 Å². The van der Waals surface area contributed by atoms with Crippen molar-refractivity contribution in [3.05, 3.63) is 163 Å². The molecule has 1 spiro atoms. The molecule has 0 bridgehead atoms. The summed E-state index contributed by atoms with van der Waals surface area (Å²) in [5, 5.41) is 0. The molecule has 0 saturated heterocycles. The van der Waals surface area contributed by atoms with Gasteiger partial charge in [0.05, 0.1) is 24.9 Å². The maximum atomic E-state index is 2.67. The second-order valence-corrected chi connectivity index (χ2v) is 39.2. The molecule has 14 rings (SSSR count). The Morgan fingerprint density at radius 3 is 0.602 bits per heavy atom. The fraction of sp³-hybridized carbons (Fsp3) is 0.407. The van der Waals surface area contributed by atoms with Crippen LogP contribution in [0.25, 0.3) is 97.5 Å². The number of hydrogen-bond acceptors (Lipinski definition) is 12. The lowest BCUT2D eigenvalue weighted by Gasteiger charge is -2.27. The van der Waals surface area contributed by atoms with Crippen LogP contribution in [0.15, 0.2) is 121 Å². The molecule has 0 atom stereocenters. The van der Waals surface area contributed by atoms with Crippen molar-refractivity contribution in [1.82, 2.24) is 0 Å². The van der Waals surface area contributed by atoms with E-state index in [4.69, 9.17) is 0 Å². The molecule has 0 aliphatic heterocycles. The van der Waals surface area contributed by atoms with Gasteiger partial charge in [0.1, 0.15) is 0 Å². The van der Waals surface area contributed by atoms with Crippen molar-refractivity contribution in [3.63, 3.8) is 0 Å². The van der Waals surface area contributed by atoms with Crippen LogP contribution in [0.5, 0.6) is 0 Å². The van der Waals surface area contributed by atoms with E-state index in [9.17, 15) is 0 Å². The van der Waals surface area contributed by atoms with Gasteiger partial charge in [0, 0.05) is 97.5 Å². The van der Waals surface area contributed by atoms with Gasteiger partial charge in [0.2, 0.25) is 0 Å². The van der Waals surface area contributed by atoms with Crippen LogP contribution in [0.1, 0.15) is 224 Å². The Morgan fingerprint density at radius 1 is 0.194 bits per heavy atom. The van der Waals surface area contributed by atoms with E-state index in [1.807, 2.05) is 90.7 Å². The zero-order valence-electron chi connectivity index (χ0n) is 54.7. The third-order valence-electron chi connectivity index (χ3n) is 19.1. The predicted octanol–water partition coefficient (Wildman–Crippen LogP) is 31.7. The average Bonchev–Trinajstić information content (AvgIpc) is 1.49. The monoisotopic (exact) mass is 1440 g/mol. The van der Waals surface area contributed by atoms with Gasteiger partial charge in [0.15, 0.2) is 0 Å². The molecule has 0 fully saturated rings. The van der Waals surface area contributed by atoms with E-state index in [-0.39, 0.29) is 0 Å². The maximum Gasteiger partial charge on any atom is 0.0760 e. The van der Waals surface area contributed by atoms with Gasteiger partial charge in [-0.2, -0.15) is 0 Å². The first-order valence-corrected chi connectivity index (χ1v) is 45.0. The molecule has 2 aliphatic rings. The highest BCUT2D eigenvalue weighted by molar-refractivity contribution is 7.32. The van der Waals surface area contributed by atoms with Gasteiger partial charge in [-0.25, -0.2) is 0 Å². The summed E-state index contributed by atoms with van der Waals surface area (Å²) in [7, 11) is 0. The van der Waals surface area contributed by atoms with Crippen molar-refractivity contribution in [2.24, 2.45) is 0 Å². The van der Waals surface area contributed by atoms with Crippen LogP contribution in [0.3, 0.4) is 0 Å². The lowest BCUT2D eigenvalue weighted by molar-refractivity contribution is 0.609. The van der Waals surface area contributed by atoms with Gasteiger partial charge < -0.3 is 0 Å². The van der Waals surface area contributed by atoms with E-state index in [1.165, 1.54) is 319 Å². The van der Waals surface area contributed by atoms with E-state index < -0.39 is 5.41 Å². The Morgan fingerprint density at radius 2 is 0.376 bits per heavy atom. The molecule has 12 heterocycles. The molecule has 0 radical (unpaired) electrons. The third-order valence-corrected chi connectivity index (χ3v) is 34.4. The largest absolute Gasteiger partial charge is 0.139 e. The first-order valence-electron chi connectivity index (χ1n) is 35.2. The normalized spacial score (nSPS) is 12.9. The Balaban J connectivity index is 0.833. The molecular formula is C81H88S12. The van der Waals surface area contributed by atoms with Crippen molar-refractivity contribution < 1.29 is 0 Å². The van der Waals surface area contributed by atoms with E-state index in [2.05, 4.69) is 194 Å². The molecule has 0 saturated carbocycles. The van der Waals surface area contributed by atoms with E-state index >= 15 is 0 Å².